The van der Waals surface area contributed by atoms with Crippen molar-refractivity contribution in [3.63, 3.8) is 0 Å². The van der Waals surface area contributed by atoms with Gasteiger partial charge in [0.05, 0.1) is 58.0 Å². The second-order valence-electron chi connectivity index (χ2n) is 38.7. The van der Waals surface area contributed by atoms with Crippen LogP contribution in [0.4, 0.5) is 55.2 Å². The number of carboxylic acid groups (broad SMARTS) is 1. The molecule has 5 saturated heterocycles. The number of aliphatic carboxylic acids is 1. The number of nitrogens with one attached hydrogen (secondary N) is 3. The number of carbonyl (C=O) groups excluding carboxylic acids is 5. The van der Waals surface area contributed by atoms with E-state index in [1.807, 2.05) is 79.1 Å². The molecule has 0 radical (unpaired) electrons. The lowest BCUT2D eigenvalue weighted by molar-refractivity contribution is -0.192. The first kappa shape index (κ1) is 111. The number of nitrogens with zero attached hydrogens (tertiary/aromatic N) is 12. The minimum atomic E-state index is -5.08. The van der Waals surface area contributed by atoms with Crippen LogP contribution in [0, 0.1) is 0 Å². The number of rotatable bonds is 12. The molecule has 11 aliphatic rings. The minimum Gasteiger partial charge on any atom is -0.490 e. The van der Waals surface area contributed by atoms with Crippen LogP contribution in [0.2, 0.25) is 0 Å². The van der Waals surface area contributed by atoms with Crippen molar-refractivity contribution in [3.8, 4) is 39.8 Å². The first-order valence-corrected chi connectivity index (χ1v) is 54.3. The Hall–Kier alpha value is -6.93. The Balaban J connectivity index is 0.000000165. The molecule has 3 aromatic carbocycles. The molecular formula is C96H134BBr3Cl2F3N15O14S4. The second kappa shape index (κ2) is 50.1. The van der Waals surface area contributed by atoms with Crippen LogP contribution in [0.3, 0.4) is 0 Å². The lowest BCUT2D eigenvalue weighted by atomic mass is 9.75. The van der Waals surface area contributed by atoms with Gasteiger partial charge in [0.25, 0.3) is 0 Å². The van der Waals surface area contributed by atoms with Crippen molar-refractivity contribution >= 4 is 197 Å². The minimum absolute atomic E-state index is 0.0669. The van der Waals surface area contributed by atoms with Gasteiger partial charge in [0.15, 0.2) is 19.3 Å². The summed E-state index contributed by atoms with van der Waals surface area (Å²) in [6.45, 7) is 46.7. The van der Waals surface area contributed by atoms with Gasteiger partial charge < -0.3 is 93.2 Å². The zero-order valence-corrected chi connectivity index (χ0v) is 91.6. The molecule has 760 valence electrons. The van der Waals surface area contributed by atoms with Crippen molar-refractivity contribution in [2.75, 3.05) is 134 Å². The molecule has 0 spiro atoms. The molecule has 18 rings (SSSR count). The van der Waals surface area contributed by atoms with E-state index in [2.05, 4.69) is 172 Å². The SMILES string of the molecule is Brc1csc(Br)n1.C1CNCCN1.CC(=O)N1c2ccc(-c3csc(N4CCN(C(=O)OC(C)(C)C)CC4)n3)c(OC3CCC3)c2CC[C@@H]1C.CC(=O)N1c2ccc(-c3csc(N4CCNCC4)n3)c(OC3CCC3)c2CC[C@@H]1C.CC(=O)N1c2ccc(B3OC(C)(C)C(C)(C)O3)c(OC3CCC3)c2CC[C@@H]1C.CC(C)(C)OC(=O)N1CCN(c2nc(Br)cs2)CC1.CC(Cl)Cl.O=C(O)C(F)(F)F. The van der Waals surface area contributed by atoms with Crippen molar-refractivity contribution in [2.45, 2.75) is 284 Å². The first-order valence-electron chi connectivity index (χ1n) is 47.6. The second-order valence-corrected chi connectivity index (χ2v) is 46.5. The summed E-state index contributed by atoms with van der Waals surface area (Å²) >= 11 is 26.3. The zero-order chi connectivity index (χ0) is 100. The summed E-state index contributed by atoms with van der Waals surface area (Å²) in [4.78, 5) is 105. The Morgan fingerprint density at radius 1 is 0.478 bits per heavy atom. The third-order valence-electron chi connectivity index (χ3n) is 25.2. The smallest absolute Gasteiger partial charge is 0.490 e. The van der Waals surface area contributed by atoms with Crippen LogP contribution in [0.1, 0.15) is 211 Å². The highest BCUT2D eigenvalue weighted by molar-refractivity contribution is 9.11. The van der Waals surface area contributed by atoms with E-state index < -0.39 is 41.7 Å². The topological polar surface area (TPSA) is 301 Å². The van der Waals surface area contributed by atoms with E-state index >= 15 is 0 Å². The normalized spacial score (nSPS) is 20.1. The van der Waals surface area contributed by atoms with E-state index in [4.69, 9.17) is 76.1 Å². The van der Waals surface area contributed by atoms with E-state index in [1.54, 1.807) is 82.8 Å². The standard InChI is InChI=1S/C28H38N4O4S.C23H30N4O2S.C22H32BNO4.C12H18BrN3O2S.C4H10N2.C3HBr2NS.C2H4Cl2.C2HF3O2/c1-18-9-10-22-24(32(18)19(2)33)12-11-21(25(22)35-20-7-6-8-20)23-17-37-26(29-23)30-13-15-31(16-14-30)27(34)36-28(3,4)5;1-15-6-7-19-21(27(15)16(2)28)9-8-18(22(19)29-17-4-3-5-17)20-14-30-23(25-20)26-12-10-24-11-13-26;1-14-10-11-17-19(24(14)15(2)25)13-12-18(20(17)26-16-8-7-9-16)23-27-21(3,4)22(5,6)28-23;1-12(2,3)18-11(17)16-6-4-15(5-7-16)10-14-9(13)8-19-10;1-2-6-4-3-5-1;4-2-1-7-3(5)6-2;1-2(3)4;3-2(4,5)1(6)7/h11-12,17-18,20H,6-10,13-16H2,1-5H3;8-9,14-15,17,24H,3-7,10-13H2,1-2H3;12-14,16H,7-11H2,1-6H3;8H,4-7H2,1-3H3;5-6H,1-4H2;1H;2H,1H3;(H,6,7)/t18-;15-;14-;;;;;/m000...../s1. The number of ether oxygens (including phenoxy) is 5. The highest BCUT2D eigenvalue weighted by Crippen LogP contribution is 2.49. The fourth-order valence-corrected chi connectivity index (χ4v) is 21.5. The third kappa shape index (κ3) is 30.8. The Kier molecular flexibility index (Phi) is 40.4. The van der Waals surface area contributed by atoms with Crippen LogP contribution in [0.5, 0.6) is 17.2 Å². The molecule has 3 aliphatic carbocycles. The molecule has 8 fully saturated rings. The van der Waals surface area contributed by atoms with E-state index in [1.165, 1.54) is 24.8 Å². The lowest BCUT2D eigenvalue weighted by Crippen LogP contribution is -2.50. The number of alkyl halides is 5. The molecule has 4 aromatic heterocycles. The van der Waals surface area contributed by atoms with Crippen LogP contribution in [-0.2, 0) is 57.2 Å². The van der Waals surface area contributed by atoms with Crippen molar-refractivity contribution in [3.05, 3.63) is 87.7 Å². The average molecular weight is 2230 g/mol. The fourth-order valence-electron chi connectivity index (χ4n) is 16.8. The molecule has 8 aliphatic heterocycles. The van der Waals surface area contributed by atoms with E-state index in [0.717, 1.165) is 244 Å². The van der Waals surface area contributed by atoms with Crippen LogP contribution in [0.25, 0.3) is 22.5 Å². The Morgan fingerprint density at radius 2 is 0.797 bits per heavy atom. The maximum Gasteiger partial charge on any atom is 0.498 e. The van der Waals surface area contributed by atoms with Crippen LogP contribution in [-0.4, -0.2) is 252 Å². The van der Waals surface area contributed by atoms with Gasteiger partial charge in [-0.2, -0.15) is 13.2 Å². The highest BCUT2D eigenvalue weighted by atomic mass is 79.9. The zero-order valence-electron chi connectivity index (χ0n) is 82.1. The number of thiazole rings is 4. The van der Waals surface area contributed by atoms with E-state index in [9.17, 15) is 37.1 Å². The number of amides is 5. The largest absolute Gasteiger partial charge is 0.498 e. The summed E-state index contributed by atoms with van der Waals surface area (Å²) in [5, 5.41) is 28.1. The summed E-state index contributed by atoms with van der Waals surface area (Å²) in [6, 6.07) is 13.0. The summed E-state index contributed by atoms with van der Waals surface area (Å²) in [7, 11) is -0.462. The maximum atomic E-state index is 12.5. The number of anilines is 6. The number of carbonyl (C=O) groups is 6. The summed E-state index contributed by atoms with van der Waals surface area (Å²) < 4.78 is 77.6. The molecule has 0 bridgehead atoms. The maximum absolute atomic E-state index is 12.5. The molecule has 4 N–H and O–H groups in total. The number of carboxylic acids is 1. The number of halogens is 8. The van der Waals surface area contributed by atoms with Gasteiger partial charge in [-0.3, -0.25) is 14.4 Å². The number of aromatic nitrogens is 4. The predicted octanol–water partition coefficient (Wildman–Crippen LogP) is 20.2. The Labute approximate surface area is 861 Å². The molecule has 3 atom stereocenters. The Bertz CT molecular complexity index is 5180. The first-order chi connectivity index (χ1) is 65.1. The van der Waals surface area contributed by atoms with Gasteiger partial charge in [-0.1, -0.05) is 6.07 Å². The number of piperazine rings is 4. The van der Waals surface area contributed by atoms with Crippen molar-refractivity contribution in [2.24, 2.45) is 0 Å². The van der Waals surface area contributed by atoms with Crippen molar-refractivity contribution in [1.29, 1.82) is 0 Å². The van der Waals surface area contributed by atoms with Gasteiger partial charge in [-0.05, 0) is 271 Å². The monoisotopic (exact) mass is 2220 g/mol. The summed E-state index contributed by atoms with van der Waals surface area (Å²) in [5.74, 6) is 0.204. The van der Waals surface area contributed by atoms with Gasteiger partial charge >= 0.3 is 31.5 Å². The number of benzene rings is 3. The summed E-state index contributed by atoms with van der Waals surface area (Å²) in [6.07, 6.45) is 10.9. The van der Waals surface area contributed by atoms with Crippen molar-refractivity contribution in [1.82, 2.24) is 45.7 Å². The van der Waals surface area contributed by atoms with Gasteiger partial charge in [-0.15, -0.1) is 68.5 Å². The third-order valence-corrected chi connectivity index (χ3v) is 30.7. The number of hydrogen-bond donors (Lipinski definition) is 4. The van der Waals surface area contributed by atoms with Crippen LogP contribution < -0.4 is 65.0 Å². The molecule has 138 heavy (non-hydrogen) atoms. The molecule has 7 aromatic rings. The van der Waals surface area contributed by atoms with Gasteiger partial charge in [0.2, 0.25) is 17.7 Å². The molecule has 29 nitrogen and oxygen atoms in total. The number of hydrogen-bond acceptors (Lipinski definition) is 27. The fraction of sp³-hybridized carbons (Fsp3) is 0.625. The Morgan fingerprint density at radius 3 is 1.09 bits per heavy atom. The molecule has 3 saturated carbocycles. The van der Waals surface area contributed by atoms with E-state index in [-0.39, 0.29) is 71.2 Å². The van der Waals surface area contributed by atoms with Crippen LogP contribution >= 0.6 is 116 Å². The van der Waals surface area contributed by atoms with Gasteiger partial charge in [0, 0.05) is 198 Å². The average Bonchev–Trinajstić information content (AvgIpc) is 1.59. The highest BCUT2D eigenvalue weighted by Gasteiger charge is 2.54. The molecule has 12 heterocycles. The molecule has 42 heteroatoms. The number of fused-ring (bicyclic) bond motifs is 3. The molecule has 0 unspecified atom stereocenters. The lowest BCUT2D eigenvalue weighted by Gasteiger charge is -2.37. The van der Waals surface area contributed by atoms with Gasteiger partial charge in [0.1, 0.15) is 42.5 Å². The quantitative estimate of drug-likeness (QED) is 0.0652. The van der Waals surface area contributed by atoms with Crippen LogP contribution in [0.15, 0.2) is 71.0 Å². The van der Waals surface area contributed by atoms with E-state index in [0.29, 0.717) is 39.3 Å². The summed E-state index contributed by atoms with van der Waals surface area (Å²) in [5.41, 5.74) is 9.53. The molecule has 5 amide bonds. The predicted molar refractivity (Wildman–Crippen MR) is 558 cm³/mol. The van der Waals surface area contributed by atoms with Crippen molar-refractivity contribution < 1.29 is 80.0 Å². The van der Waals surface area contributed by atoms with Gasteiger partial charge in [-0.25, -0.2) is 34.3 Å². The molecular weight excluding hydrogens is 2090 g/mol.